The van der Waals surface area contributed by atoms with E-state index in [-0.39, 0.29) is 12.4 Å². The number of benzene rings is 2. The van der Waals surface area contributed by atoms with E-state index in [4.69, 9.17) is 0 Å². The van der Waals surface area contributed by atoms with E-state index in [1.165, 1.54) is 33.4 Å². The van der Waals surface area contributed by atoms with Crippen molar-refractivity contribution in [3.8, 4) is 0 Å². The highest BCUT2D eigenvalue weighted by atomic mass is 35.5. The summed E-state index contributed by atoms with van der Waals surface area (Å²) in [7, 11) is 0. The molecule has 1 fully saturated rings. The van der Waals surface area contributed by atoms with E-state index >= 15 is 0 Å². The summed E-state index contributed by atoms with van der Waals surface area (Å²) in [6.45, 7) is 10.7. The van der Waals surface area contributed by atoms with E-state index < -0.39 is 0 Å². The third kappa shape index (κ3) is 4.14. The van der Waals surface area contributed by atoms with Gasteiger partial charge in [0.05, 0.1) is 12.1 Å². The van der Waals surface area contributed by atoms with Crippen LogP contribution in [0.5, 0.6) is 0 Å². The number of halogens is 1. The van der Waals surface area contributed by atoms with Crippen LogP contribution < -0.4 is 10.6 Å². The molecular formula is C20H27ClN2. The SMILES string of the molecule is Cc1cc(C)cc(C2NCCNC2c2cc(C)cc(C)c2)c1.Cl. The molecule has 2 aromatic rings. The molecule has 0 radical (unpaired) electrons. The lowest BCUT2D eigenvalue weighted by atomic mass is 9.89. The predicted octanol–water partition coefficient (Wildman–Crippen LogP) is 4.32. The first-order valence-corrected chi connectivity index (χ1v) is 8.16. The van der Waals surface area contributed by atoms with E-state index in [1.807, 2.05) is 0 Å². The third-order valence-electron chi connectivity index (χ3n) is 4.39. The summed E-state index contributed by atoms with van der Waals surface area (Å²) in [5, 5.41) is 7.43. The standard InChI is InChI=1S/C20H26N2.ClH/c1-13-7-14(2)10-17(9-13)19-20(22-6-5-21-19)18-11-15(3)8-16(4)12-18;/h7-12,19-22H,5-6H2,1-4H3;1H. The van der Waals surface area contributed by atoms with E-state index in [1.54, 1.807) is 0 Å². The Morgan fingerprint density at radius 2 is 0.913 bits per heavy atom. The van der Waals surface area contributed by atoms with Crippen molar-refractivity contribution in [1.82, 2.24) is 10.6 Å². The summed E-state index contributed by atoms with van der Waals surface area (Å²) in [4.78, 5) is 0. The van der Waals surface area contributed by atoms with Crippen LogP contribution in [0.25, 0.3) is 0 Å². The molecule has 2 N–H and O–H groups in total. The zero-order valence-electron chi connectivity index (χ0n) is 14.4. The van der Waals surface area contributed by atoms with Crippen LogP contribution in [0.4, 0.5) is 0 Å². The zero-order chi connectivity index (χ0) is 15.7. The van der Waals surface area contributed by atoms with Crippen molar-refractivity contribution in [3.05, 3.63) is 69.8 Å². The Kier molecular flexibility index (Phi) is 5.85. The van der Waals surface area contributed by atoms with Gasteiger partial charge in [0.2, 0.25) is 0 Å². The molecule has 2 nitrogen and oxygen atoms in total. The molecule has 0 spiro atoms. The van der Waals surface area contributed by atoms with Gasteiger partial charge in [0.1, 0.15) is 0 Å². The van der Waals surface area contributed by atoms with Gasteiger partial charge in [0, 0.05) is 13.1 Å². The number of rotatable bonds is 2. The Hall–Kier alpha value is -1.35. The average Bonchev–Trinajstić information content (AvgIpc) is 2.45. The smallest absolute Gasteiger partial charge is 0.0518 e. The van der Waals surface area contributed by atoms with Crippen molar-refractivity contribution in [1.29, 1.82) is 0 Å². The summed E-state index contributed by atoms with van der Waals surface area (Å²) in [5.74, 6) is 0. The van der Waals surface area contributed by atoms with Gasteiger partial charge in [-0.3, -0.25) is 0 Å². The van der Waals surface area contributed by atoms with Crippen molar-refractivity contribution in [3.63, 3.8) is 0 Å². The lowest BCUT2D eigenvalue weighted by Gasteiger charge is -2.35. The number of hydrogen-bond donors (Lipinski definition) is 2. The molecule has 0 aromatic heterocycles. The quantitative estimate of drug-likeness (QED) is 0.857. The monoisotopic (exact) mass is 330 g/mol. The van der Waals surface area contributed by atoms with Crippen LogP contribution in [0.15, 0.2) is 36.4 Å². The number of piperazine rings is 1. The molecule has 3 rings (SSSR count). The number of nitrogens with one attached hydrogen (secondary N) is 2. The minimum Gasteiger partial charge on any atom is -0.307 e. The molecule has 0 amide bonds. The minimum atomic E-state index is 0. The van der Waals surface area contributed by atoms with Crippen molar-refractivity contribution in [2.24, 2.45) is 0 Å². The molecule has 0 aliphatic carbocycles. The largest absolute Gasteiger partial charge is 0.307 e. The molecule has 2 atom stereocenters. The number of aryl methyl sites for hydroxylation is 4. The minimum absolute atomic E-state index is 0. The molecule has 1 aliphatic rings. The molecule has 0 bridgehead atoms. The van der Waals surface area contributed by atoms with E-state index in [0.29, 0.717) is 12.1 Å². The fourth-order valence-electron chi connectivity index (χ4n) is 3.69. The first-order chi connectivity index (χ1) is 10.5. The van der Waals surface area contributed by atoms with Gasteiger partial charge < -0.3 is 10.6 Å². The lowest BCUT2D eigenvalue weighted by Crippen LogP contribution is -2.45. The molecule has 1 heterocycles. The van der Waals surface area contributed by atoms with E-state index in [0.717, 1.165) is 13.1 Å². The van der Waals surface area contributed by atoms with Crippen LogP contribution in [0, 0.1) is 27.7 Å². The van der Waals surface area contributed by atoms with Crippen LogP contribution >= 0.6 is 12.4 Å². The second kappa shape index (κ2) is 7.48. The Balaban J connectivity index is 0.00000192. The van der Waals surface area contributed by atoms with Gasteiger partial charge in [-0.05, 0) is 38.8 Å². The van der Waals surface area contributed by atoms with Gasteiger partial charge in [-0.15, -0.1) is 12.4 Å². The average molecular weight is 331 g/mol. The third-order valence-corrected chi connectivity index (χ3v) is 4.39. The fraction of sp³-hybridized carbons (Fsp3) is 0.400. The molecule has 2 aromatic carbocycles. The second-order valence-corrected chi connectivity index (χ2v) is 6.71. The Morgan fingerprint density at radius 1 is 0.609 bits per heavy atom. The Labute approximate surface area is 146 Å². The maximum Gasteiger partial charge on any atom is 0.0518 e. The van der Waals surface area contributed by atoms with Gasteiger partial charge in [0.15, 0.2) is 0 Å². The summed E-state index contributed by atoms with van der Waals surface area (Å²) < 4.78 is 0. The van der Waals surface area contributed by atoms with Crippen LogP contribution in [0.2, 0.25) is 0 Å². The van der Waals surface area contributed by atoms with Gasteiger partial charge in [0.25, 0.3) is 0 Å². The van der Waals surface area contributed by atoms with Crippen LogP contribution in [0.1, 0.15) is 45.5 Å². The Bertz CT molecular complexity index is 581. The van der Waals surface area contributed by atoms with Crippen molar-refractivity contribution >= 4 is 12.4 Å². The van der Waals surface area contributed by atoms with Crippen molar-refractivity contribution in [2.75, 3.05) is 13.1 Å². The highest BCUT2D eigenvalue weighted by Gasteiger charge is 2.27. The van der Waals surface area contributed by atoms with Crippen LogP contribution in [-0.2, 0) is 0 Å². The summed E-state index contributed by atoms with van der Waals surface area (Å²) >= 11 is 0. The molecule has 124 valence electrons. The summed E-state index contributed by atoms with van der Waals surface area (Å²) in [6, 6.07) is 14.4. The van der Waals surface area contributed by atoms with Gasteiger partial charge in [-0.1, -0.05) is 58.7 Å². The normalized spacial score (nSPS) is 20.9. The summed E-state index contributed by atoms with van der Waals surface area (Å²) in [5.41, 5.74) is 8.11. The highest BCUT2D eigenvalue weighted by molar-refractivity contribution is 5.85. The van der Waals surface area contributed by atoms with Crippen LogP contribution in [-0.4, -0.2) is 13.1 Å². The molecule has 3 heteroatoms. The maximum atomic E-state index is 3.71. The fourth-order valence-corrected chi connectivity index (χ4v) is 3.69. The lowest BCUT2D eigenvalue weighted by molar-refractivity contribution is 0.333. The van der Waals surface area contributed by atoms with E-state index in [9.17, 15) is 0 Å². The summed E-state index contributed by atoms with van der Waals surface area (Å²) in [6.07, 6.45) is 0. The Morgan fingerprint density at radius 3 is 1.22 bits per heavy atom. The van der Waals surface area contributed by atoms with Gasteiger partial charge in [-0.25, -0.2) is 0 Å². The molecule has 1 saturated heterocycles. The molecule has 1 aliphatic heterocycles. The first-order valence-electron chi connectivity index (χ1n) is 8.16. The van der Waals surface area contributed by atoms with Gasteiger partial charge in [-0.2, -0.15) is 0 Å². The number of hydrogen-bond acceptors (Lipinski definition) is 2. The molecular weight excluding hydrogens is 304 g/mol. The second-order valence-electron chi connectivity index (χ2n) is 6.71. The maximum absolute atomic E-state index is 3.71. The first kappa shape index (κ1) is 18.0. The van der Waals surface area contributed by atoms with E-state index in [2.05, 4.69) is 74.7 Å². The molecule has 0 saturated carbocycles. The topological polar surface area (TPSA) is 24.1 Å². The zero-order valence-corrected chi connectivity index (χ0v) is 15.3. The van der Waals surface area contributed by atoms with Crippen LogP contribution in [0.3, 0.4) is 0 Å². The van der Waals surface area contributed by atoms with Crippen molar-refractivity contribution < 1.29 is 0 Å². The molecule has 2 unspecified atom stereocenters. The highest BCUT2D eigenvalue weighted by Crippen LogP contribution is 2.32. The predicted molar refractivity (Wildman–Crippen MR) is 101 cm³/mol. The molecule has 23 heavy (non-hydrogen) atoms. The van der Waals surface area contributed by atoms with Gasteiger partial charge >= 0.3 is 0 Å². The van der Waals surface area contributed by atoms with Crippen molar-refractivity contribution in [2.45, 2.75) is 39.8 Å².